The Kier molecular flexibility index (Phi) is 9.27. The third-order valence-corrected chi connectivity index (χ3v) is 6.62. The maximum absolute atomic E-state index is 13.5. The molecule has 0 fully saturated rings. The van der Waals surface area contributed by atoms with Crippen molar-refractivity contribution in [3.8, 4) is 0 Å². The number of nitrogens with one attached hydrogen (secondary N) is 1. The second-order valence-electron chi connectivity index (χ2n) is 7.58. The number of nitrogens with zero attached hydrogens (tertiary/aromatic N) is 2. The summed E-state index contributed by atoms with van der Waals surface area (Å²) in [5, 5.41) is 2.78. The number of anilines is 1. The van der Waals surface area contributed by atoms with Gasteiger partial charge in [-0.25, -0.2) is 8.42 Å². The molecule has 2 aromatic carbocycles. The smallest absolute Gasteiger partial charge is 0.244 e. The highest BCUT2D eigenvalue weighted by Crippen LogP contribution is 2.23. The van der Waals surface area contributed by atoms with Gasteiger partial charge in [-0.1, -0.05) is 58.7 Å². The van der Waals surface area contributed by atoms with E-state index in [-0.39, 0.29) is 12.5 Å². The Bertz CT molecular complexity index is 1040. The van der Waals surface area contributed by atoms with Crippen molar-refractivity contribution in [3.05, 3.63) is 64.1 Å². The molecule has 1 N–H and O–H groups in total. The number of rotatable bonds is 10. The van der Waals surface area contributed by atoms with E-state index in [1.54, 1.807) is 24.3 Å². The van der Waals surface area contributed by atoms with Crippen LogP contribution in [0, 0.1) is 6.92 Å². The number of carbonyl (C=O) groups is 2. The maximum Gasteiger partial charge on any atom is 0.244 e. The lowest BCUT2D eigenvalue weighted by Crippen LogP contribution is -2.52. The van der Waals surface area contributed by atoms with E-state index in [1.807, 2.05) is 45.0 Å². The first-order valence-electron chi connectivity index (χ1n) is 10.4. The molecule has 0 spiro atoms. The quantitative estimate of drug-likeness (QED) is 0.516. The predicted octanol–water partition coefficient (Wildman–Crippen LogP) is 3.47. The molecule has 0 aliphatic carbocycles. The standard InChI is InChI=1S/C23H30BrN3O4S/c1-5-21(23(29)25-6-2)26(15-18-12-10-17(3)11-13-18)22(28)16-27(32(4,30)31)20-9-7-8-19(24)14-20/h7-14,21H,5-6,15-16H2,1-4H3,(H,25,29)/t21-/m0/s1. The van der Waals surface area contributed by atoms with E-state index in [0.717, 1.165) is 21.7 Å². The van der Waals surface area contributed by atoms with Crippen LogP contribution in [0.2, 0.25) is 0 Å². The number of aryl methyl sites for hydroxylation is 1. The van der Waals surface area contributed by atoms with Crippen molar-refractivity contribution in [2.45, 2.75) is 39.8 Å². The summed E-state index contributed by atoms with van der Waals surface area (Å²) >= 11 is 3.34. The summed E-state index contributed by atoms with van der Waals surface area (Å²) in [5.41, 5.74) is 2.32. The van der Waals surface area contributed by atoms with Crippen LogP contribution in [-0.2, 0) is 26.2 Å². The van der Waals surface area contributed by atoms with Crippen LogP contribution >= 0.6 is 15.9 Å². The van der Waals surface area contributed by atoms with Crippen molar-refractivity contribution in [2.24, 2.45) is 0 Å². The number of benzene rings is 2. The lowest BCUT2D eigenvalue weighted by Gasteiger charge is -2.32. The number of likely N-dealkylation sites (N-methyl/N-ethyl adjacent to an activating group) is 1. The van der Waals surface area contributed by atoms with E-state index in [2.05, 4.69) is 21.2 Å². The summed E-state index contributed by atoms with van der Waals surface area (Å²) in [4.78, 5) is 27.6. The SMILES string of the molecule is CCNC(=O)[C@H](CC)N(Cc1ccc(C)cc1)C(=O)CN(c1cccc(Br)c1)S(C)(=O)=O. The molecule has 2 aromatic rings. The molecule has 2 amide bonds. The van der Waals surface area contributed by atoms with E-state index in [9.17, 15) is 18.0 Å². The molecule has 174 valence electrons. The van der Waals surface area contributed by atoms with Crippen molar-refractivity contribution in [1.82, 2.24) is 10.2 Å². The molecule has 0 saturated heterocycles. The molecule has 0 saturated carbocycles. The van der Waals surface area contributed by atoms with E-state index < -0.39 is 28.5 Å². The van der Waals surface area contributed by atoms with E-state index in [1.165, 1.54) is 4.90 Å². The van der Waals surface area contributed by atoms with Crippen molar-refractivity contribution >= 4 is 43.5 Å². The van der Waals surface area contributed by atoms with Gasteiger partial charge in [-0.3, -0.25) is 13.9 Å². The Hall–Kier alpha value is -2.39. The number of amides is 2. The van der Waals surface area contributed by atoms with Gasteiger partial charge in [-0.2, -0.15) is 0 Å². The summed E-state index contributed by atoms with van der Waals surface area (Å²) in [7, 11) is -3.74. The van der Waals surface area contributed by atoms with Crippen molar-refractivity contribution in [3.63, 3.8) is 0 Å². The number of hydrogen-bond donors (Lipinski definition) is 1. The van der Waals surface area contributed by atoms with Crippen LogP contribution in [0.1, 0.15) is 31.4 Å². The van der Waals surface area contributed by atoms with Gasteiger partial charge < -0.3 is 10.2 Å². The molecule has 0 bridgehead atoms. The molecule has 9 heteroatoms. The highest BCUT2D eigenvalue weighted by atomic mass is 79.9. The average molecular weight is 524 g/mol. The van der Waals surface area contributed by atoms with Crippen LogP contribution < -0.4 is 9.62 Å². The van der Waals surface area contributed by atoms with Gasteiger partial charge >= 0.3 is 0 Å². The lowest BCUT2D eigenvalue weighted by molar-refractivity contribution is -0.140. The average Bonchev–Trinajstić information content (AvgIpc) is 2.72. The van der Waals surface area contributed by atoms with Crippen LogP contribution in [0.25, 0.3) is 0 Å². The first kappa shape index (κ1) is 25.9. The van der Waals surface area contributed by atoms with Gasteiger partial charge in [0.15, 0.2) is 0 Å². The first-order chi connectivity index (χ1) is 15.1. The summed E-state index contributed by atoms with van der Waals surface area (Å²) in [6.07, 6.45) is 1.46. The molecule has 7 nitrogen and oxygen atoms in total. The maximum atomic E-state index is 13.5. The Balaban J connectivity index is 2.42. The van der Waals surface area contributed by atoms with Crippen molar-refractivity contribution in [2.75, 3.05) is 23.7 Å². The minimum Gasteiger partial charge on any atom is -0.355 e. The van der Waals surface area contributed by atoms with E-state index in [4.69, 9.17) is 0 Å². The molecular weight excluding hydrogens is 494 g/mol. The highest BCUT2D eigenvalue weighted by molar-refractivity contribution is 9.10. The molecule has 0 aromatic heterocycles. The van der Waals surface area contributed by atoms with E-state index in [0.29, 0.717) is 23.1 Å². The molecule has 0 aliphatic heterocycles. The zero-order valence-electron chi connectivity index (χ0n) is 18.8. The molecule has 2 rings (SSSR count). The molecule has 1 atom stereocenters. The zero-order chi connectivity index (χ0) is 23.9. The number of carbonyl (C=O) groups excluding carboxylic acids is 2. The van der Waals surface area contributed by atoms with Crippen molar-refractivity contribution < 1.29 is 18.0 Å². The van der Waals surface area contributed by atoms with Gasteiger partial charge in [0.1, 0.15) is 12.6 Å². The molecule has 0 aliphatic rings. The Labute approximate surface area is 199 Å². The minimum absolute atomic E-state index is 0.199. The third kappa shape index (κ3) is 7.06. The lowest BCUT2D eigenvalue weighted by atomic mass is 10.1. The summed E-state index contributed by atoms with van der Waals surface area (Å²) in [6, 6.07) is 13.7. The predicted molar refractivity (Wildman–Crippen MR) is 131 cm³/mol. The van der Waals surface area contributed by atoms with Crippen LogP contribution in [0.4, 0.5) is 5.69 Å². The van der Waals surface area contributed by atoms with Crippen LogP contribution in [-0.4, -0.2) is 50.5 Å². The second-order valence-corrected chi connectivity index (χ2v) is 10.4. The summed E-state index contributed by atoms with van der Waals surface area (Å²) in [6.45, 7) is 5.85. The molecule has 0 heterocycles. The number of halogens is 1. The number of sulfonamides is 1. The highest BCUT2D eigenvalue weighted by Gasteiger charge is 2.31. The van der Waals surface area contributed by atoms with Crippen LogP contribution in [0.3, 0.4) is 0 Å². The molecule has 0 radical (unpaired) electrons. The second kappa shape index (κ2) is 11.5. The zero-order valence-corrected chi connectivity index (χ0v) is 21.2. The molecule has 32 heavy (non-hydrogen) atoms. The van der Waals surface area contributed by atoms with Gasteiger partial charge in [0.2, 0.25) is 21.8 Å². The van der Waals surface area contributed by atoms with Gasteiger partial charge in [-0.05, 0) is 44.0 Å². The van der Waals surface area contributed by atoms with Gasteiger partial charge in [0, 0.05) is 17.6 Å². The van der Waals surface area contributed by atoms with Gasteiger partial charge in [-0.15, -0.1) is 0 Å². The molecule has 0 unspecified atom stereocenters. The number of hydrogen-bond acceptors (Lipinski definition) is 4. The monoisotopic (exact) mass is 523 g/mol. The topological polar surface area (TPSA) is 86.8 Å². The largest absolute Gasteiger partial charge is 0.355 e. The Morgan fingerprint density at radius 3 is 2.28 bits per heavy atom. The van der Waals surface area contributed by atoms with Crippen LogP contribution in [0.5, 0.6) is 0 Å². The third-order valence-electron chi connectivity index (χ3n) is 4.99. The van der Waals surface area contributed by atoms with Crippen molar-refractivity contribution in [1.29, 1.82) is 0 Å². The fourth-order valence-electron chi connectivity index (χ4n) is 3.35. The summed E-state index contributed by atoms with van der Waals surface area (Å²) < 4.78 is 26.8. The Morgan fingerprint density at radius 1 is 1.09 bits per heavy atom. The first-order valence-corrected chi connectivity index (χ1v) is 13.1. The van der Waals surface area contributed by atoms with Gasteiger partial charge in [0.25, 0.3) is 0 Å². The van der Waals surface area contributed by atoms with E-state index >= 15 is 0 Å². The van der Waals surface area contributed by atoms with Gasteiger partial charge in [0.05, 0.1) is 11.9 Å². The Morgan fingerprint density at radius 2 is 1.75 bits per heavy atom. The fourth-order valence-corrected chi connectivity index (χ4v) is 4.58. The fraction of sp³-hybridized carbons (Fsp3) is 0.391. The molecular formula is C23H30BrN3O4S. The minimum atomic E-state index is -3.74. The van der Waals surface area contributed by atoms with Crippen LogP contribution in [0.15, 0.2) is 53.0 Å². The normalized spacial score (nSPS) is 12.2. The summed E-state index contributed by atoms with van der Waals surface area (Å²) in [5.74, 6) is -0.710.